The van der Waals surface area contributed by atoms with Crippen molar-refractivity contribution in [2.75, 3.05) is 5.32 Å². The third-order valence-corrected chi connectivity index (χ3v) is 4.26. The molecule has 0 aliphatic rings. The van der Waals surface area contributed by atoms with E-state index in [1.54, 1.807) is 22.9 Å². The lowest BCUT2D eigenvalue weighted by atomic mass is 10.2. The average molecular weight is 380 g/mol. The van der Waals surface area contributed by atoms with E-state index in [4.69, 9.17) is 0 Å². The Bertz CT molecular complexity index is 1170. The smallest absolute Gasteiger partial charge is 0.337 e. The van der Waals surface area contributed by atoms with Crippen molar-refractivity contribution in [3.8, 4) is 0 Å². The Morgan fingerprint density at radius 2 is 1.82 bits per heavy atom. The number of nitrogens with one attached hydrogen (secondary N) is 1. The first-order valence-electron chi connectivity index (χ1n) is 8.36. The highest BCUT2D eigenvalue weighted by Crippen LogP contribution is 2.28. The second-order valence-electron chi connectivity index (χ2n) is 6.15. The van der Waals surface area contributed by atoms with Gasteiger partial charge in [-0.05, 0) is 42.0 Å². The molecule has 4 rings (SSSR count). The van der Waals surface area contributed by atoms with E-state index in [1.807, 2.05) is 0 Å². The lowest BCUT2D eigenvalue weighted by molar-refractivity contribution is 0.0698. The molecule has 2 heterocycles. The molecule has 0 aliphatic carbocycles. The summed E-state index contributed by atoms with van der Waals surface area (Å²) in [5.41, 5.74) is 1.73. The summed E-state index contributed by atoms with van der Waals surface area (Å²) in [5, 5.41) is 17.2. The first-order chi connectivity index (χ1) is 13.5. The van der Waals surface area contributed by atoms with Crippen LogP contribution in [0.1, 0.15) is 15.9 Å². The molecule has 0 aliphatic heterocycles. The number of hydrogen-bond acceptors (Lipinski definition) is 4. The first kappa shape index (κ1) is 17.6. The Morgan fingerprint density at radius 3 is 2.57 bits per heavy atom. The molecule has 0 atom stereocenters. The van der Waals surface area contributed by atoms with Gasteiger partial charge in [0.1, 0.15) is 11.6 Å². The maximum absolute atomic E-state index is 13.8. The molecule has 0 saturated carbocycles. The number of rotatable bonds is 5. The molecule has 8 heteroatoms. The summed E-state index contributed by atoms with van der Waals surface area (Å²) in [6, 6.07) is 11.6. The fourth-order valence-electron chi connectivity index (χ4n) is 2.94. The number of nitrogens with zero attached hydrogens (tertiary/aromatic N) is 3. The van der Waals surface area contributed by atoms with Gasteiger partial charge in [-0.25, -0.2) is 13.6 Å². The number of halogens is 2. The van der Waals surface area contributed by atoms with Crippen LogP contribution in [-0.4, -0.2) is 25.8 Å². The maximum Gasteiger partial charge on any atom is 0.337 e. The average Bonchev–Trinajstić information content (AvgIpc) is 3.00. The molecule has 4 aromatic rings. The minimum atomic E-state index is -1.12. The van der Waals surface area contributed by atoms with Gasteiger partial charge >= 0.3 is 5.97 Å². The van der Waals surface area contributed by atoms with Crippen LogP contribution in [0.15, 0.2) is 60.9 Å². The number of benzene rings is 2. The molecule has 2 aromatic carbocycles. The quantitative estimate of drug-likeness (QED) is 0.542. The SMILES string of the molecule is O=C(O)c1ccncc1Nc1nn(Cc2ccc(F)cc2)c2ccc(F)cc12. The minimum absolute atomic E-state index is 0.0210. The zero-order valence-electron chi connectivity index (χ0n) is 14.4. The fraction of sp³-hybridized carbons (Fsp3) is 0.0500. The summed E-state index contributed by atoms with van der Waals surface area (Å²) < 4.78 is 28.6. The zero-order valence-corrected chi connectivity index (χ0v) is 14.4. The van der Waals surface area contributed by atoms with Gasteiger partial charge in [-0.3, -0.25) is 9.67 Å². The minimum Gasteiger partial charge on any atom is -0.478 e. The zero-order chi connectivity index (χ0) is 19.7. The van der Waals surface area contributed by atoms with Crippen molar-refractivity contribution in [1.29, 1.82) is 0 Å². The van der Waals surface area contributed by atoms with Gasteiger partial charge in [-0.2, -0.15) is 5.10 Å². The molecule has 28 heavy (non-hydrogen) atoms. The Kier molecular flexibility index (Phi) is 4.44. The van der Waals surface area contributed by atoms with E-state index in [0.29, 0.717) is 23.3 Å². The highest BCUT2D eigenvalue weighted by atomic mass is 19.1. The van der Waals surface area contributed by atoms with Gasteiger partial charge in [0.15, 0.2) is 5.82 Å². The molecule has 0 bridgehead atoms. The van der Waals surface area contributed by atoms with E-state index in [-0.39, 0.29) is 17.1 Å². The van der Waals surface area contributed by atoms with Gasteiger partial charge in [-0.1, -0.05) is 12.1 Å². The van der Waals surface area contributed by atoms with Crippen LogP contribution < -0.4 is 5.32 Å². The summed E-state index contributed by atoms with van der Waals surface area (Å²) in [6.07, 6.45) is 2.74. The molecule has 0 radical (unpaired) electrons. The third kappa shape index (κ3) is 3.39. The van der Waals surface area contributed by atoms with Crippen LogP contribution in [0.25, 0.3) is 10.9 Å². The number of carboxylic acid groups (broad SMARTS) is 1. The number of hydrogen-bond donors (Lipinski definition) is 2. The lowest BCUT2D eigenvalue weighted by Gasteiger charge is -2.06. The van der Waals surface area contributed by atoms with E-state index in [9.17, 15) is 18.7 Å². The Balaban J connectivity index is 1.77. The summed E-state index contributed by atoms with van der Waals surface area (Å²) in [6.45, 7) is 0.336. The van der Waals surface area contributed by atoms with Gasteiger partial charge in [0, 0.05) is 11.6 Å². The van der Waals surface area contributed by atoms with Gasteiger partial charge in [0.2, 0.25) is 0 Å². The molecule has 0 fully saturated rings. The number of pyridine rings is 1. The third-order valence-electron chi connectivity index (χ3n) is 4.26. The Labute approximate surface area is 158 Å². The molecular formula is C20H14F2N4O2. The van der Waals surface area contributed by atoms with Crippen molar-refractivity contribution < 1.29 is 18.7 Å². The lowest BCUT2D eigenvalue weighted by Crippen LogP contribution is -2.05. The molecule has 2 aromatic heterocycles. The van der Waals surface area contributed by atoms with Crippen molar-refractivity contribution in [2.24, 2.45) is 0 Å². The molecular weight excluding hydrogens is 366 g/mol. The number of carbonyl (C=O) groups is 1. The monoisotopic (exact) mass is 380 g/mol. The summed E-state index contributed by atoms with van der Waals surface area (Å²) in [4.78, 5) is 15.4. The van der Waals surface area contributed by atoms with Gasteiger partial charge in [-0.15, -0.1) is 0 Å². The standard InChI is InChI=1S/C20H14F2N4O2/c21-13-3-1-12(2-4-13)11-26-18-6-5-14(22)9-16(18)19(25-26)24-17-10-23-8-7-15(17)20(27)28/h1-10H,11H2,(H,24,25)(H,27,28). The normalized spacial score (nSPS) is 10.9. The van der Waals surface area contributed by atoms with Gasteiger partial charge < -0.3 is 10.4 Å². The van der Waals surface area contributed by atoms with Crippen LogP contribution in [-0.2, 0) is 6.54 Å². The van der Waals surface area contributed by atoms with E-state index >= 15 is 0 Å². The highest BCUT2D eigenvalue weighted by molar-refractivity contribution is 5.97. The van der Waals surface area contributed by atoms with Crippen molar-refractivity contribution in [2.45, 2.75) is 6.54 Å². The number of aromatic carboxylic acids is 1. The van der Waals surface area contributed by atoms with Crippen LogP contribution in [0.2, 0.25) is 0 Å². The van der Waals surface area contributed by atoms with Crippen molar-refractivity contribution in [3.05, 3.63) is 83.7 Å². The molecule has 0 saturated heterocycles. The van der Waals surface area contributed by atoms with Crippen LogP contribution in [0, 0.1) is 11.6 Å². The van der Waals surface area contributed by atoms with E-state index in [0.717, 1.165) is 5.56 Å². The Hall–Kier alpha value is -3.81. The molecule has 0 spiro atoms. The number of aromatic nitrogens is 3. The van der Waals surface area contributed by atoms with Crippen LogP contribution in [0.4, 0.5) is 20.3 Å². The maximum atomic E-state index is 13.8. The number of fused-ring (bicyclic) bond motifs is 1. The summed E-state index contributed by atoms with van der Waals surface area (Å²) in [7, 11) is 0. The van der Waals surface area contributed by atoms with Crippen molar-refractivity contribution in [3.63, 3.8) is 0 Å². The largest absolute Gasteiger partial charge is 0.478 e. The predicted molar refractivity (Wildman–Crippen MR) is 99.7 cm³/mol. The molecule has 0 unspecified atom stereocenters. The Morgan fingerprint density at radius 1 is 1.07 bits per heavy atom. The summed E-state index contributed by atoms with van der Waals surface area (Å²) in [5.74, 6) is -1.60. The highest BCUT2D eigenvalue weighted by Gasteiger charge is 2.16. The van der Waals surface area contributed by atoms with Crippen molar-refractivity contribution >= 4 is 28.4 Å². The van der Waals surface area contributed by atoms with E-state index in [2.05, 4.69) is 15.4 Å². The second kappa shape index (κ2) is 7.07. The van der Waals surface area contributed by atoms with E-state index in [1.165, 1.54) is 42.7 Å². The summed E-state index contributed by atoms with van der Waals surface area (Å²) >= 11 is 0. The number of anilines is 2. The topological polar surface area (TPSA) is 80.0 Å². The predicted octanol–water partition coefficient (Wildman–Crippen LogP) is 4.20. The van der Waals surface area contributed by atoms with Gasteiger partial charge in [0.25, 0.3) is 0 Å². The van der Waals surface area contributed by atoms with Crippen LogP contribution >= 0.6 is 0 Å². The second-order valence-corrected chi connectivity index (χ2v) is 6.15. The number of carboxylic acids is 1. The first-order valence-corrected chi connectivity index (χ1v) is 8.36. The van der Waals surface area contributed by atoms with Crippen molar-refractivity contribution in [1.82, 2.24) is 14.8 Å². The molecule has 6 nitrogen and oxygen atoms in total. The van der Waals surface area contributed by atoms with Crippen LogP contribution in [0.3, 0.4) is 0 Å². The van der Waals surface area contributed by atoms with Crippen LogP contribution in [0.5, 0.6) is 0 Å². The van der Waals surface area contributed by atoms with Gasteiger partial charge in [0.05, 0.1) is 29.5 Å². The fourth-order valence-corrected chi connectivity index (χ4v) is 2.94. The molecule has 2 N–H and O–H groups in total. The molecule has 140 valence electrons. The molecule has 0 amide bonds. The van der Waals surface area contributed by atoms with E-state index < -0.39 is 11.8 Å².